The molecule has 0 aliphatic carbocycles. The summed E-state index contributed by atoms with van der Waals surface area (Å²) < 4.78 is 23.3. The summed E-state index contributed by atoms with van der Waals surface area (Å²) in [6, 6.07) is 4.29. The van der Waals surface area contributed by atoms with Crippen LogP contribution < -0.4 is 20.1 Å². The molecule has 0 saturated heterocycles. The van der Waals surface area contributed by atoms with Crippen LogP contribution in [0.4, 0.5) is 22.0 Å². The molecule has 0 spiro atoms. The number of ether oxygens (including phenoxy) is 2. The summed E-state index contributed by atoms with van der Waals surface area (Å²) >= 11 is 0. The molecule has 0 saturated carbocycles. The highest BCUT2D eigenvalue weighted by molar-refractivity contribution is 5.63. The number of aromatic nitrogens is 3. The highest BCUT2D eigenvalue weighted by atomic mass is 19.1. The minimum atomic E-state index is -0.390. The molecule has 2 rings (SSSR count). The number of anilines is 3. The first-order valence-corrected chi connectivity index (χ1v) is 6.30. The average Bonchev–Trinajstić information content (AvgIpc) is 2.49. The summed E-state index contributed by atoms with van der Waals surface area (Å²) in [7, 11) is 2.92. The summed E-state index contributed by atoms with van der Waals surface area (Å²) in [5.41, 5.74) is 0.537. The van der Waals surface area contributed by atoms with E-state index in [9.17, 15) is 4.39 Å². The van der Waals surface area contributed by atoms with Crippen molar-refractivity contribution in [3.05, 3.63) is 24.0 Å². The molecule has 0 amide bonds. The summed E-state index contributed by atoms with van der Waals surface area (Å²) in [5.74, 6) is 0.606. The second-order valence-corrected chi connectivity index (χ2v) is 3.97. The van der Waals surface area contributed by atoms with Gasteiger partial charge in [-0.3, -0.25) is 0 Å². The molecule has 1 aromatic carbocycles. The van der Waals surface area contributed by atoms with Crippen molar-refractivity contribution in [2.24, 2.45) is 0 Å². The number of nitrogens with one attached hydrogen (secondary N) is 2. The summed E-state index contributed by atoms with van der Waals surface area (Å²) in [6.07, 6.45) is 0. The maximum atomic E-state index is 13.2. The lowest BCUT2D eigenvalue weighted by Crippen LogP contribution is -2.08. The van der Waals surface area contributed by atoms with Crippen LogP contribution in [0.15, 0.2) is 18.2 Å². The van der Waals surface area contributed by atoms with Crippen molar-refractivity contribution in [1.82, 2.24) is 15.0 Å². The van der Waals surface area contributed by atoms with Crippen LogP contribution in [0.25, 0.3) is 0 Å². The molecule has 112 valence electrons. The number of methoxy groups -OCH3 is 2. The van der Waals surface area contributed by atoms with Crippen LogP contribution in [0.3, 0.4) is 0 Å². The average molecular weight is 293 g/mol. The maximum absolute atomic E-state index is 13.2. The van der Waals surface area contributed by atoms with Crippen molar-refractivity contribution in [2.75, 3.05) is 31.4 Å². The van der Waals surface area contributed by atoms with E-state index in [1.165, 1.54) is 32.4 Å². The monoisotopic (exact) mass is 293 g/mol. The van der Waals surface area contributed by atoms with Crippen LogP contribution >= 0.6 is 0 Å². The second-order valence-electron chi connectivity index (χ2n) is 3.97. The van der Waals surface area contributed by atoms with Gasteiger partial charge in [-0.15, -0.1) is 0 Å². The highest BCUT2D eigenvalue weighted by Crippen LogP contribution is 2.27. The number of rotatable bonds is 6. The van der Waals surface area contributed by atoms with E-state index in [0.29, 0.717) is 23.9 Å². The Balaban J connectivity index is 2.32. The molecule has 0 atom stereocenters. The van der Waals surface area contributed by atoms with E-state index in [4.69, 9.17) is 9.47 Å². The molecule has 0 bridgehead atoms. The van der Waals surface area contributed by atoms with Crippen LogP contribution in [-0.2, 0) is 0 Å². The van der Waals surface area contributed by atoms with Gasteiger partial charge in [-0.2, -0.15) is 15.0 Å². The Labute approximate surface area is 121 Å². The molecular formula is C13H16FN5O2. The molecule has 1 heterocycles. The zero-order valence-corrected chi connectivity index (χ0v) is 12.0. The summed E-state index contributed by atoms with van der Waals surface area (Å²) in [6.45, 7) is 2.58. The van der Waals surface area contributed by atoms with Gasteiger partial charge in [-0.05, 0) is 19.1 Å². The largest absolute Gasteiger partial charge is 0.494 e. The van der Waals surface area contributed by atoms with Gasteiger partial charge in [-0.25, -0.2) is 4.39 Å². The van der Waals surface area contributed by atoms with E-state index in [2.05, 4.69) is 25.6 Å². The Morgan fingerprint density at radius 1 is 1.10 bits per heavy atom. The zero-order chi connectivity index (χ0) is 15.2. The SMILES string of the molecule is CCNc1nc(Nc2ccc(F)cc2OC)nc(OC)n1. The van der Waals surface area contributed by atoms with Gasteiger partial charge < -0.3 is 20.1 Å². The second kappa shape index (κ2) is 6.69. The normalized spacial score (nSPS) is 10.1. The fourth-order valence-electron chi connectivity index (χ4n) is 1.63. The lowest BCUT2D eigenvalue weighted by molar-refractivity contribution is 0.379. The van der Waals surface area contributed by atoms with Crippen LogP contribution in [0.1, 0.15) is 6.92 Å². The predicted octanol–water partition coefficient (Wildman–Crippen LogP) is 2.20. The molecule has 1 aromatic heterocycles. The van der Waals surface area contributed by atoms with E-state index in [1.54, 1.807) is 0 Å². The fourth-order valence-corrected chi connectivity index (χ4v) is 1.63. The van der Waals surface area contributed by atoms with Gasteiger partial charge in [0.2, 0.25) is 11.9 Å². The minimum Gasteiger partial charge on any atom is -0.494 e. The van der Waals surface area contributed by atoms with Crippen molar-refractivity contribution < 1.29 is 13.9 Å². The quantitative estimate of drug-likeness (QED) is 0.845. The Morgan fingerprint density at radius 3 is 2.52 bits per heavy atom. The van der Waals surface area contributed by atoms with Gasteiger partial charge in [0.1, 0.15) is 11.6 Å². The van der Waals surface area contributed by atoms with Crippen LogP contribution in [0.5, 0.6) is 11.8 Å². The lowest BCUT2D eigenvalue weighted by Gasteiger charge is -2.11. The lowest BCUT2D eigenvalue weighted by atomic mass is 10.3. The van der Waals surface area contributed by atoms with Crippen molar-refractivity contribution in [2.45, 2.75) is 6.92 Å². The van der Waals surface area contributed by atoms with E-state index < -0.39 is 0 Å². The van der Waals surface area contributed by atoms with E-state index in [1.807, 2.05) is 6.92 Å². The number of hydrogen-bond acceptors (Lipinski definition) is 7. The van der Waals surface area contributed by atoms with Crippen molar-refractivity contribution >= 4 is 17.6 Å². The van der Waals surface area contributed by atoms with Crippen LogP contribution in [0.2, 0.25) is 0 Å². The van der Waals surface area contributed by atoms with Crippen LogP contribution in [0, 0.1) is 5.82 Å². The van der Waals surface area contributed by atoms with Gasteiger partial charge in [-0.1, -0.05) is 0 Å². The van der Waals surface area contributed by atoms with Crippen molar-refractivity contribution in [3.8, 4) is 11.8 Å². The van der Waals surface area contributed by atoms with E-state index in [-0.39, 0.29) is 17.8 Å². The van der Waals surface area contributed by atoms with Gasteiger partial charge in [0, 0.05) is 12.6 Å². The van der Waals surface area contributed by atoms with Gasteiger partial charge in [0.15, 0.2) is 0 Å². The highest BCUT2D eigenvalue weighted by Gasteiger charge is 2.10. The third-order valence-electron chi connectivity index (χ3n) is 2.54. The predicted molar refractivity (Wildman–Crippen MR) is 76.8 cm³/mol. The molecule has 21 heavy (non-hydrogen) atoms. The molecule has 0 unspecified atom stereocenters. The number of benzene rings is 1. The first-order valence-electron chi connectivity index (χ1n) is 6.30. The Morgan fingerprint density at radius 2 is 1.86 bits per heavy atom. The first-order chi connectivity index (χ1) is 10.2. The third kappa shape index (κ3) is 3.68. The molecule has 0 aliphatic rings. The van der Waals surface area contributed by atoms with E-state index in [0.717, 1.165) is 0 Å². The fraction of sp³-hybridized carbons (Fsp3) is 0.308. The van der Waals surface area contributed by atoms with E-state index >= 15 is 0 Å². The van der Waals surface area contributed by atoms with Crippen molar-refractivity contribution in [1.29, 1.82) is 0 Å². The summed E-state index contributed by atoms with van der Waals surface area (Å²) in [5, 5.41) is 5.92. The van der Waals surface area contributed by atoms with Gasteiger partial charge in [0.05, 0.1) is 19.9 Å². The van der Waals surface area contributed by atoms with Crippen molar-refractivity contribution in [3.63, 3.8) is 0 Å². The zero-order valence-electron chi connectivity index (χ0n) is 12.0. The van der Waals surface area contributed by atoms with Gasteiger partial charge in [0.25, 0.3) is 0 Å². The molecule has 2 N–H and O–H groups in total. The topological polar surface area (TPSA) is 81.2 Å². The van der Waals surface area contributed by atoms with Gasteiger partial charge >= 0.3 is 6.01 Å². The number of hydrogen-bond donors (Lipinski definition) is 2. The van der Waals surface area contributed by atoms with Crippen LogP contribution in [-0.4, -0.2) is 35.7 Å². The third-order valence-corrected chi connectivity index (χ3v) is 2.54. The Hall–Kier alpha value is -2.64. The standard InChI is InChI=1S/C13H16FN5O2/c1-4-15-11-17-12(19-13(18-11)21-3)16-9-6-5-8(14)7-10(9)20-2/h5-7H,4H2,1-3H3,(H2,15,16,17,18,19). The first kappa shape index (κ1) is 14.8. The smallest absolute Gasteiger partial charge is 0.322 e. The number of nitrogens with zero attached hydrogens (tertiary/aromatic N) is 3. The minimum absolute atomic E-state index is 0.171. The molecule has 0 aliphatic heterocycles. The Kier molecular flexibility index (Phi) is 4.70. The maximum Gasteiger partial charge on any atom is 0.322 e. The Bertz CT molecular complexity index is 624. The summed E-state index contributed by atoms with van der Waals surface area (Å²) in [4.78, 5) is 12.3. The number of halogens is 1. The molecular weight excluding hydrogens is 277 g/mol. The molecule has 8 heteroatoms. The molecule has 7 nitrogen and oxygen atoms in total. The molecule has 0 radical (unpaired) electrons. The molecule has 0 fully saturated rings. The molecule has 2 aromatic rings.